The number of hydrogen-bond donors (Lipinski definition) is 1. The van der Waals surface area contributed by atoms with Gasteiger partial charge in [-0.2, -0.15) is 16.4 Å². The molecule has 3 aromatic rings. The molecule has 0 radical (unpaired) electrons. The Morgan fingerprint density at radius 2 is 2.16 bits per heavy atom. The molecule has 5 nitrogen and oxygen atoms in total. The smallest absolute Gasteiger partial charge is 0.303 e. The van der Waals surface area contributed by atoms with Crippen LogP contribution in [0.2, 0.25) is 0 Å². The van der Waals surface area contributed by atoms with Crippen LogP contribution < -0.4 is 4.74 Å². The summed E-state index contributed by atoms with van der Waals surface area (Å²) in [7, 11) is 0. The lowest BCUT2D eigenvalue weighted by atomic mass is 10.1. The van der Waals surface area contributed by atoms with Crippen LogP contribution in [-0.4, -0.2) is 27.5 Å². The molecule has 6 heteroatoms. The van der Waals surface area contributed by atoms with E-state index < -0.39 is 5.97 Å². The largest absolute Gasteiger partial charge is 0.493 e. The Bertz CT molecular complexity index is 798. The van der Waals surface area contributed by atoms with Crippen molar-refractivity contribution >= 4 is 17.3 Å². The van der Waals surface area contributed by atoms with Crippen molar-refractivity contribution in [3.05, 3.63) is 70.2 Å². The van der Waals surface area contributed by atoms with Crippen molar-refractivity contribution in [1.82, 2.24) is 9.78 Å². The van der Waals surface area contributed by atoms with Gasteiger partial charge in [0, 0.05) is 25.2 Å². The number of aryl methyl sites for hydroxylation is 1. The molecule has 1 aromatic carbocycles. The number of benzene rings is 1. The number of hydrogen-bond acceptors (Lipinski definition) is 4. The maximum Gasteiger partial charge on any atom is 0.303 e. The van der Waals surface area contributed by atoms with Crippen LogP contribution in [0, 0.1) is 0 Å². The monoisotopic (exact) mass is 356 g/mol. The van der Waals surface area contributed by atoms with Crippen LogP contribution >= 0.6 is 11.3 Å². The number of ether oxygens (including phenoxy) is 1. The van der Waals surface area contributed by atoms with E-state index in [0.717, 1.165) is 23.3 Å². The number of carboxylic acid groups (broad SMARTS) is 1. The first-order chi connectivity index (χ1) is 12.2. The third kappa shape index (κ3) is 5.19. The Hall–Kier alpha value is -2.60. The molecular formula is C19H20N2O3S. The van der Waals surface area contributed by atoms with Gasteiger partial charge in [-0.25, -0.2) is 0 Å². The minimum absolute atomic E-state index is 0.0966. The molecule has 0 saturated heterocycles. The van der Waals surface area contributed by atoms with E-state index in [0.29, 0.717) is 19.6 Å². The molecule has 0 unspecified atom stereocenters. The first kappa shape index (κ1) is 17.2. The molecule has 0 aliphatic rings. The van der Waals surface area contributed by atoms with Gasteiger partial charge in [0.25, 0.3) is 0 Å². The van der Waals surface area contributed by atoms with E-state index in [1.165, 1.54) is 5.56 Å². The second kappa shape index (κ2) is 8.48. The van der Waals surface area contributed by atoms with E-state index in [2.05, 4.69) is 21.9 Å². The molecule has 130 valence electrons. The second-order valence-electron chi connectivity index (χ2n) is 5.77. The molecule has 0 spiro atoms. The molecule has 1 N–H and O–H groups in total. The van der Waals surface area contributed by atoms with E-state index in [4.69, 9.17) is 9.84 Å². The van der Waals surface area contributed by atoms with E-state index in [1.807, 2.05) is 35.1 Å². The summed E-state index contributed by atoms with van der Waals surface area (Å²) < 4.78 is 7.83. The lowest BCUT2D eigenvalue weighted by Gasteiger charge is -2.13. The fraction of sp³-hybridized carbons (Fsp3) is 0.263. The van der Waals surface area contributed by atoms with Crippen LogP contribution in [0.15, 0.2) is 53.5 Å². The molecule has 2 aromatic heterocycles. The molecule has 3 rings (SSSR count). The summed E-state index contributed by atoms with van der Waals surface area (Å²) in [5.74, 6) is -0.0361. The number of rotatable bonds is 9. The molecular weight excluding hydrogens is 336 g/mol. The van der Waals surface area contributed by atoms with Crippen LogP contribution in [0.3, 0.4) is 0 Å². The highest BCUT2D eigenvalue weighted by Gasteiger charge is 2.09. The first-order valence-corrected chi connectivity index (χ1v) is 9.10. The lowest BCUT2D eigenvalue weighted by molar-refractivity contribution is -0.136. The van der Waals surface area contributed by atoms with Crippen molar-refractivity contribution < 1.29 is 14.6 Å². The van der Waals surface area contributed by atoms with Gasteiger partial charge in [-0.3, -0.25) is 9.48 Å². The first-order valence-electron chi connectivity index (χ1n) is 8.15. The van der Waals surface area contributed by atoms with Gasteiger partial charge in [0.05, 0.1) is 13.2 Å². The van der Waals surface area contributed by atoms with E-state index in [1.54, 1.807) is 17.5 Å². The van der Waals surface area contributed by atoms with Crippen LogP contribution in [0.25, 0.3) is 0 Å². The molecule has 0 fully saturated rings. The van der Waals surface area contributed by atoms with Gasteiger partial charge in [-0.15, -0.1) is 0 Å². The van der Waals surface area contributed by atoms with Crippen molar-refractivity contribution in [3.8, 4) is 5.75 Å². The topological polar surface area (TPSA) is 64.3 Å². The molecule has 0 aliphatic carbocycles. The van der Waals surface area contributed by atoms with E-state index >= 15 is 0 Å². The van der Waals surface area contributed by atoms with Gasteiger partial charge in [0.1, 0.15) is 5.75 Å². The summed E-state index contributed by atoms with van der Waals surface area (Å²) in [6, 6.07) is 9.94. The maximum absolute atomic E-state index is 10.9. The summed E-state index contributed by atoms with van der Waals surface area (Å²) in [6.45, 7) is 1.23. The fourth-order valence-electron chi connectivity index (χ4n) is 2.57. The van der Waals surface area contributed by atoms with Crippen molar-refractivity contribution in [3.63, 3.8) is 0 Å². The van der Waals surface area contributed by atoms with Crippen molar-refractivity contribution in [2.75, 3.05) is 6.61 Å². The highest BCUT2D eigenvalue weighted by molar-refractivity contribution is 7.07. The maximum atomic E-state index is 10.9. The number of carboxylic acids is 1. The highest BCUT2D eigenvalue weighted by atomic mass is 32.1. The Morgan fingerprint density at radius 3 is 2.88 bits per heavy atom. The fourth-order valence-corrected chi connectivity index (χ4v) is 3.28. The van der Waals surface area contributed by atoms with Crippen molar-refractivity contribution in [1.29, 1.82) is 0 Å². The Kier molecular flexibility index (Phi) is 5.85. The average Bonchev–Trinajstić information content (AvgIpc) is 3.28. The zero-order valence-electron chi connectivity index (χ0n) is 13.8. The highest BCUT2D eigenvalue weighted by Crippen LogP contribution is 2.23. The molecule has 0 atom stereocenters. The normalized spacial score (nSPS) is 10.7. The molecule has 0 amide bonds. The zero-order chi connectivity index (χ0) is 17.5. The predicted octanol–water partition coefficient (Wildman–Crippen LogP) is 3.63. The minimum Gasteiger partial charge on any atom is -0.493 e. The van der Waals surface area contributed by atoms with Crippen LogP contribution in [0.5, 0.6) is 5.75 Å². The third-order valence-corrected chi connectivity index (χ3v) is 4.60. The number of thiophene rings is 1. The van der Waals surface area contributed by atoms with Gasteiger partial charge in [-0.1, -0.05) is 12.1 Å². The third-order valence-electron chi connectivity index (χ3n) is 3.87. The number of aromatic nitrogens is 2. The second-order valence-corrected chi connectivity index (χ2v) is 6.55. The van der Waals surface area contributed by atoms with Gasteiger partial charge in [0.15, 0.2) is 0 Å². The molecule has 0 bridgehead atoms. The molecule has 2 heterocycles. The predicted molar refractivity (Wildman–Crippen MR) is 97.2 cm³/mol. The average molecular weight is 356 g/mol. The number of carbonyl (C=O) groups is 1. The van der Waals surface area contributed by atoms with Crippen LogP contribution in [-0.2, 0) is 24.2 Å². The van der Waals surface area contributed by atoms with Gasteiger partial charge < -0.3 is 9.84 Å². The summed E-state index contributed by atoms with van der Waals surface area (Å²) in [5, 5.41) is 17.3. The SMILES string of the molecule is O=C(O)CCc1ccc(Cn2cccn2)cc1OCCc1ccsc1. The summed E-state index contributed by atoms with van der Waals surface area (Å²) in [4.78, 5) is 10.9. The Balaban J connectivity index is 1.70. The van der Waals surface area contributed by atoms with Crippen LogP contribution in [0.4, 0.5) is 0 Å². The summed E-state index contributed by atoms with van der Waals surface area (Å²) in [5.41, 5.74) is 3.26. The van der Waals surface area contributed by atoms with E-state index in [-0.39, 0.29) is 6.42 Å². The molecule has 25 heavy (non-hydrogen) atoms. The van der Waals surface area contributed by atoms with E-state index in [9.17, 15) is 4.79 Å². The van der Waals surface area contributed by atoms with Gasteiger partial charge >= 0.3 is 5.97 Å². The Labute approximate surface area is 150 Å². The molecule has 0 aliphatic heterocycles. The lowest BCUT2D eigenvalue weighted by Crippen LogP contribution is -2.06. The summed E-state index contributed by atoms with van der Waals surface area (Å²) in [6.07, 6.45) is 5.06. The number of aliphatic carboxylic acids is 1. The molecule has 0 saturated carbocycles. The van der Waals surface area contributed by atoms with Gasteiger partial charge in [-0.05, 0) is 52.1 Å². The van der Waals surface area contributed by atoms with Crippen molar-refractivity contribution in [2.45, 2.75) is 25.8 Å². The van der Waals surface area contributed by atoms with Gasteiger partial charge in [0.2, 0.25) is 0 Å². The Morgan fingerprint density at radius 1 is 1.24 bits per heavy atom. The quantitative estimate of drug-likeness (QED) is 0.636. The van der Waals surface area contributed by atoms with Crippen LogP contribution in [0.1, 0.15) is 23.1 Å². The van der Waals surface area contributed by atoms with Crippen molar-refractivity contribution in [2.24, 2.45) is 0 Å². The summed E-state index contributed by atoms with van der Waals surface area (Å²) >= 11 is 1.67. The zero-order valence-corrected chi connectivity index (χ0v) is 14.6. The standard InChI is InChI=1S/C19H20N2O3S/c22-19(23)5-4-17-3-2-16(13-21-9-1-8-20-21)12-18(17)24-10-6-15-7-11-25-14-15/h1-3,7-9,11-12,14H,4-6,10,13H2,(H,22,23). The number of nitrogens with zero attached hydrogens (tertiary/aromatic N) is 2. The minimum atomic E-state index is -0.801.